The summed E-state index contributed by atoms with van der Waals surface area (Å²) < 4.78 is 1.93. The van der Waals surface area contributed by atoms with Crippen LogP contribution in [0.15, 0.2) is 37.1 Å². The fourth-order valence-electron chi connectivity index (χ4n) is 2.18. The fraction of sp³-hybridized carbons (Fsp3) is 0.400. The predicted octanol–water partition coefficient (Wildman–Crippen LogP) is 1.23. The van der Waals surface area contributed by atoms with Crippen LogP contribution in [-0.2, 0) is 13.1 Å². The lowest BCUT2D eigenvalue weighted by atomic mass is 10.2. The van der Waals surface area contributed by atoms with E-state index in [-0.39, 0.29) is 12.1 Å². The molecule has 2 N–H and O–H groups in total. The number of hydrogen-bond acceptors (Lipinski definition) is 4. The molecule has 0 spiro atoms. The summed E-state index contributed by atoms with van der Waals surface area (Å²) in [6.45, 7) is 3.07. The Morgan fingerprint density at radius 2 is 2.23 bits per heavy atom. The highest BCUT2D eigenvalue weighted by Crippen LogP contribution is 2.13. The van der Waals surface area contributed by atoms with Crippen molar-refractivity contribution in [3.63, 3.8) is 0 Å². The Kier molecular flexibility index (Phi) is 5.35. The van der Waals surface area contributed by atoms with Crippen LogP contribution in [-0.4, -0.2) is 40.7 Å². The summed E-state index contributed by atoms with van der Waals surface area (Å²) in [4.78, 5) is 22.2. The van der Waals surface area contributed by atoms with Gasteiger partial charge in [-0.3, -0.25) is 0 Å². The number of imidazole rings is 1. The zero-order valence-electron chi connectivity index (χ0n) is 13.2. The number of pyridine rings is 1. The topological polar surface area (TPSA) is 75.1 Å². The summed E-state index contributed by atoms with van der Waals surface area (Å²) in [5.74, 6) is 0.856. The number of nitrogens with zero attached hydrogens (tertiary/aromatic N) is 4. The maximum absolute atomic E-state index is 12.0. The van der Waals surface area contributed by atoms with Crippen LogP contribution in [0.25, 0.3) is 0 Å². The van der Waals surface area contributed by atoms with Gasteiger partial charge in [0.25, 0.3) is 0 Å². The second kappa shape index (κ2) is 7.44. The van der Waals surface area contributed by atoms with E-state index in [1.807, 2.05) is 48.8 Å². The van der Waals surface area contributed by atoms with Crippen molar-refractivity contribution in [3.05, 3.63) is 42.6 Å². The van der Waals surface area contributed by atoms with Crippen LogP contribution in [0.4, 0.5) is 10.6 Å². The smallest absolute Gasteiger partial charge is 0.315 e. The summed E-state index contributed by atoms with van der Waals surface area (Å²) in [7, 11) is 3.86. The quantitative estimate of drug-likeness (QED) is 0.841. The minimum absolute atomic E-state index is 0.0106. The molecule has 0 saturated carbocycles. The van der Waals surface area contributed by atoms with E-state index in [9.17, 15) is 4.79 Å². The lowest BCUT2D eigenvalue weighted by Crippen LogP contribution is -2.42. The van der Waals surface area contributed by atoms with E-state index < -0.39 is 0 Å². The third kappa shape index (κ3) is 4.47. The van der Waals surface area contributed by atoms with Gasteiger partial charge in [0.2, 0.25) is 0 Å². The molecule has 0 aliphatic heterocycles. The van der Waals surface area contributed by atoms with Crippen molar-refractivity contribution in [2.45, 2.75) is 26.1 Å². The highest BCUT2D eigenvalue weighted by atomic mass is 16.2. The van der Waals surface area contributed by atoms with Crippen molar-refractivity contribution >= 4 is 11.8 Å². The molecule has 118 valence electrons. The molecule has 7 nitrogen and oxygen atoms in total. The van der Waals surface area contributed by atoms with Crippen molar-refractivity contribution in [1.82, 2.24) is 25.2 Å². The molecule has 2 heterocycles. The first-order valence-electron chi connectivity index (χ1n) is 7.17. The van der Waals surface area contributed by atoms with Gasteiger partial charge in [-0.2, -0.15) is 0 Å². The molecule has 2 rings (SSSR count). The number of carbonyl (C=O) groups excluding carboxylic acids is 1. The molecule has 0 fully saturated rings. The molecule has 0 bridgehead atoms. The first-order chi connectivity index (χ1) is 10.6. The maximum Gasteiger partial charge on any atom is 0.315 e. The van der Waals surface area contributed by atoms with E-state index in [1.165, 1.54) is 0 Å². The number of carbonyl (C=O) groups is 1. The van der Waals surface area contributed by atoms with E-state index >= 15 is 0 Å². The summed E-state index contributed by atoms with van der Waals surface area (Å²) in [6, 6.07) is 3.64. The lowest BCUT2D eigenvalue weighted by molar-refractivity contribution is 0.236. The summed E-state index contributed by atoms with van der Waals surface area (Å²) in [5, 5.41) is 5.77. The van der Waals surface area contributed by atoms with Gasteiger partial charge < -0.3 is 20.1 Å². The zero-order valence-corrected chi connectivity index (χ0v) is 13.2. The second-order valence-corrected chi connectivity index (χ2v) is 5.37. The van der Waals surface area contributed by atoms with Gasteiger partial charge in [-0.1, -0.05) is 6.07 Å². The van der Waals surface area contributed by atoms with Crippen LogP contribution in [0.5, 0.6) is 0 Å². The van der Waals surface area contributed by atoms with Crippen LogP contribution >= 0.6 is 0 Å². The Labute approximate surface area is 130 Å². The number of anilines is 1. The van der Waals surface area contributed by atoms with E-state index in [0.29, 0.717) is 13.1 Å². The number of rotatable bonds is 6. The third-order valence-corrected chi connectivity index (χ3v) is 3.15. The standard InChI is InChI=1S/C15H22N6O/c1-12(10-21-8-7-16-11-21)19-15(22)18-9-13-5-4-6-17-14(13)20(2)3/h4-8,11-12H,9-10H2,1-3H3,(H2,18,19,22)/t12-/m0/s1. The molecule has 1 atom stereocenters. The van der Waals surface area contributed by atoms with Crippen molar-refractivity contribution in [2.75, 3.05) is 19.0 Å². The van der Waals surface area contributed by atoms with Gasteiger partial charge in [-0.15, -0.1) is 0 Å². The second-order valence-electron chi connectivity index (χ2n) is 5.37. The highest BCUT2D eigenvalue weighted by Gasteiger charge is 2.09. The minimum Gasteiger partial charge on any atom is -0.362 e. The Morgan fingerprint density at radius 3 is 2.91 bits per heavy atom. The molecule has 22 heavy (non-hydrogen) atoms. The minimum atomic E-state index is -0.193. The maximum atomic E-state index is 12.0. The number of urea groups is 1. The van der Waals surface area contributed by atoms with E-state index in [2.05, 4.69) is 20.6 Å². The molecule has 0 unspecified atom stereocenters. The number of nitrogens with one attached hydrogen (secondary N) is 2. The fourth-order valence-corrected chi connectivity index (χ4v) is 2.18. The normalized spacial score (nSPS) is 11.8. The van der Waals surface area contributed by atoms with Gasteiger partial charge >= 0.3 is 6.03 Å². The van der Waals surface area contributed by atoms with Crippen LogP contribution < -0.4 is 15.5 Å². The molecule has 2 amide bonds. The number of hydrogen-bond donors (Lipinski definition) is 2. The summed E-state index contributed by atoms with van der Waals surface area (Å²) in [5.41, 5.74) is 0.977. The molecule has 2 aromatic heterocycles. The van der Waals surface area contributed by atoms with Gasteiger partial charge in [0.05, 0.1) is 6.33 Å². The molecule has 7 heteroatoms. The van der Waals surface area contributed by atoms with E-state index in [4.69, 9.17) is 0 Å². The van der Waals surface area contributed by atoms with Crippen LogP contribution in [0.2, 0.25) is 0 Å². The molecular formula is C15H22N6O. The monoisotopic (exact) mass is 302 g/mol. The van der Waals surface area contributed by atoms with Gasteiger partial charge in [0, 0.05) is 57.4 Å². The van der Waals surface area contributed by atoms with Gasteiger partial charge in [0.15, 0.2) is 0 Å². The molecule has 0 saturated heterocycles. The first-order valence-corrected chi connectivity index (χ1v) is 7.17. The summed E-state index contributed by atoms with van der Waals surface area (Å²) >= 11 is 0. The Bertz CT molecular complexity index is 596. The van der Waals surface area contributed by atoms with Crippen molar-refractivity contribution in [2.24, 2.45) is 0 Å². The van der Waals surface area contributed by atoms with Gasteiger partial charge in [-0.25, -0.2) is 14.8 Å². The van der Waals surface area contributed by atoms with Crippen molar-refractivity contribution < 1.29 is 4.79 Å². The predicted molar refractivity (Wildman–Crippen MR) is 85.6 cm³/mol. The molecule has 0 aliphatic carbocycles. The first kappa shape index (κ1) is 15.8. The highest BCUT2D eigenvalue weighted by molar-refractivity contribution is 5.74. The van der Waals surface area contributed by atoms with E-state index in [1.54, 1.807) is 18.7 Å². The van der Waals surface area contributed by atoms with E-state index in [0.717, 1.165) is 11.4 Å². The van der Waals surface area contributed by atoms with Crippen LogP contribution in [0.1, 0.15) is 12.5 Å². The SMILES string of the molecule is C[C@@H](Cn1ccnc1)NC(=O)NCc1cccnc1N(C)C. The Balaban J connectivity index is 1.83. The van der Waals surface area contributed by atoms with Gasteiger partial charge in [0.1, 0.15) is 5.82 Å². The average Bonchev–Trinajstić information content (AvgIpc) is 2.98. The molecule has 0 aliphatic rings. The van der Waals surface area contributed by atoms with Gasteiger partial charge in [-0.05, 0) is 13.0 Å². The lowest BCUT2D eigenvalue weighted by Gasteiger charge is -2.18. The molecule has 0 radical (unpaired) electrons. The number of aromatic nitrogens is 3. The summed E-state index contributed by atoms with van der Waals surface area (Å²) in [6.07, 6.45) is 7.06. The zero-order chi connectivity index (χ0) is 15.9. The molecule has 0 aromatic carbocycles. The van der Waals surface area contributed by atoms with Crippen molar-refractivity contribution in [3.8, 4) is 0 Å². The Morgan fingerprint density at radius 1 is 1.41 bits per heavy atom. The third-order valence-electron chi connectivity index (χ3n) is 3.15. The number of amides is 2. The average molecular weight is 302 g/mol. The largest absolute Gasteiger partial charge is 0.362 e. The molecule has 2 aromatic rings. The molecular weight excluding hydrogens is 280 g/mol. The van der Waals surface area contributed by atoms with Crippen molar-refractivity contribution in [1.29, 1.82) is 0 Å². The van der Waals surface area contributed by atoms with Crippen LogP contribution in [0, 0.1) is 0 Å². The van der Waals surface area contributed by atoms with Crippen LogP contribution in [0.3, 0.4) is 0 Å². The Hall–Kier alpha value is -2.57.